The van der Waals surface area contributed by atoms with Gasteiger partial charge in [-0.05, 0) is 17.2 Å². The lowest BCUT2D eigenvalue weighted by Gasteiger charge is -2.11. The number of hydrogen-bond acceptors (Lipinski definition) is 6. The maximum absolute atomic E-state index is 12.2. The van der Waals surface area contributed by atoms with Crippen molar-refractivity contribution in [3.05, 3.63) is 87.5 Å². The van der Waals surface area contributed by atoms with Crippen LogP contribution in [0.5, 0.6) is 0 Å². The van der Waals surface area contributed by atoms with Crippen molar-refractivity contribution in [2.24, 2.45) is 0 Å². The van der Waals surface area contributed by atoms with Gasteiger partial charge in [0.2, 0.25) is 5.91 Å². The van der Waals surface area contributed by atoms with Crippen LogP contribution in [0, 0.1) is 0 Å². The zero-order valence-corrected chi connectivity index (χ0v) is 17.2. The molecule has 0 fully saturated rings. The molecule has 1 aromatic carbocycles. The van der Waals surface area contributed by atoms with Gasteiger partial charge >= 0.3 is 0 Å². The van der Waals surface area contributed by atoms with E-state index in [1.54, 1.807) is 12.4 Å². The molecule has 0 saturated heterocycles. The largest absolute Gasteiger partial charge is 0.351 e. The molecular formula is C20H19N5O2S2. The Bertz CT molecular complexity index is 1170. The molecule has 0 bridgehead atoms. The molecule has 7 nitrogen and oxygen atoms in total. The van der Waals surface area contributed by atoms with E-state index in [2.05, 4.69) is 15.4 Å². The SMILES string of the molecule is O=C(CSCc1cc(=O)n2ccsc2n1)NCc1ccccc1Cn1cccn1. The predicted molar refractivity (Wildman–Crippen MR) is 115 cm³/mol. The minimum absolute atomic E-state index is 0.0437. The molecular weight excluding hydrogens is 406 g/mol. The summed E-state index contributed by atoms with van der Waals surface area (Å²) in [5, 5.41) is 9.04. The second-order valence-electron chi connectivity index (χ2n) is 6.38. The van der Waals surface area contributed by atoms with Gasteiger partial charge in [0.25, 0.3) is 5.56 Å². The van der Waals surface area contributed by atoms with E-state index in [1.807, 2.05) is 46.6 Å². The van der Waals surface area contributed by atoms with Crippen molar-refractivity contribution in [2.75, 3.05) is 5.75 Å². The second-order valence-corrected chi connectivity index (χ2v) is 8.24. The van der Waals surface area contributed by atoms with E-state index < -0.39 is 0 Å². The number of nitrogens with zero attached hydrogens (tertiary/aromatic N) is 4. The predicted octanol–water partition coefficient (Wildman–Crippen LogP) is 2.55. The summed E-state index contributed by atoms with van der Waals surface area (Å²) < 4.78 is 3.38. The third-order valence-corrected chi connectivity index (χ3v) is 6.05. The highest BCUT2D eigenvalue weighted by atomic mass is 32.2. The van der Waals surface area contributed by atoms with Crippen LogP contribution in [0.1, 0.15) is 16.8 Å². The van der Waals surface area contributed by atoms with Crippen LogP contribution >= 0.6 is 23.1 Å². The standard InChI is InChI=1S/C20H19N5O2S2/c26-18(14-28-13-17-10-19(27)25-8-9-29-20(25)23-17)21-11-15-4-1-2-5-16(15)12-24-7-3-6-22-24/h1-10H,11-14H2,(H,21,26). The topological polar surface area (TPSA) is 81.3 Å². The van der Waals surface area contributed by atoms with E-state index in [0.717, 1.165) is 11.1 Å². The highest BCUT2D eigenvalue weighted by Crippen LogP contribution is 2.13. The van der Waals surface area contributed by atoms with Crippen LogP contribution < -0.4 is 10.9 Å². The molecule has 3 heterocycles. The Morgan fingerprint density at radius 2 is 2.03 bits per heavy atom. The van der Waals surface area contributed by atoms with Crippen molar-refractivity contribution in [1.82, 2.24) is 24.5 Å². The number of fused-ring (bicyclic) bond motifs is 1. The number of aromatic nitrogens is 4. The Kier molecular flexibility index (Phi) is 6.06. The highest BCUT2D eigenvalue weighted by Gasteiger charge is 2.08. The Balaban J connectivity index is 1.28. The van der Waals surface area contributed by atoms with Crippen molar-refractivity contribution in [2.45, 2.75) is 18.8 Å². The quantitative estimate of drug-likeness (QED) is 0.469. The number of rotatable bonds is 8. The van der Waals surface area contributed by atoms with Gasteiger partial charge in [0.15, 0.2) is 4.96 Å². The summed E-state index contributed by atoms with van der Waals surface area (Å²) in [5.74, 6) is 0.789. The number of benzene rings is 1. The first kappa shape index (κ1) is 19.4. The summed E-state index contributed by atoms with van der Waals surface area (Å²) in [6, 6.07) is 11.4. The Morgan fingerprint density at radius 1 is 1.17 bits per heavy atom. The van der Waals surface area contributed by atoms with Crippen LogP contribution in [0.4, 0.5) is 0 Å². The lowest BCUT2D eigenvalue weighted by Crippen LogP contribution is -2.25. The number of hydrogen-bond donors (Lipinski definition) is 1. The van der Waals surface area contributed by atoms with E-state index in [9.17, 15) is 9.59 Å². The fraction of sp³-hybridized carbons (Fsp3) is 0.200. The average molecular weight is 426 g/mol. The minimum Gasteiger partial charge on any atom is -0.351 e. The fourth-order valence-electron chi connectivity index (χ4n) is 2.91. The van der Waals surface area contributed by atoms with Gasteiger partial charge in [-0.15, -0.1) is 23.1 Å². The summed E-state index contributed by atoms with van der Waals surface area (Å²) in [6.45, 7) is 1.14. The van der Waals surface area contributed by atoms with Crippen LogP contribution in [0.25, 0.3) is 4.96 Å². The van der Waals surface area contributed by atoms with E-state index in [1.165, 1.54) is 33.6 Å². The molecule has 1 N–H and O–H groups in total. The third-order valence-electron chi connectivity index (χ3n) is 4.33. The van der Waals surface area contributed by atoms with Crippen LogP contribution in [-0.2, 0) is 23.6 Å². The van der Waals surface area contributed by atoms with Gasteiger partial charge < -0.3 is 5.32 Å². The maximum atomic E-state index is 12.2. The molecule has 0 radical (unpaired) electrons. The number of nitrogens with one attached hydrogen (secondary N) is 1. The van der Waals surface area contributed by atoms with Crippen LogP contribution in [0.2, 0.25) is 0 Å². The first-order chi connectivity index (χ1) is 14.2. The van der Waals surface area contributed by atoms with Gasteiger partial charge in [-0.2, -0.15) is 5.10 Å². The van der Waals surface area contributed by atoms with E-state index >= 15 is 0 Å². The summed E-state index contributed by atoms with van der Waals surface area (Å²) in [5.41, 5.74) is 2.79. The van der Waals surface area contributed by atoms with E-state index in [4.69, 9.17) is 0 Å². The molecule has 29 heavy (non-hydrogen) atoms. The third kappa shape index (κ3) is 4.93. The van der Waals surface area contributed by atoms with Crippen LogP contribution in [0.15, 0.2) is 65.2 Å². The molecule has 0 spiro atoms. The fourth-order valence-corrected chi connectivity index (χ4v) is 4.39. The lowest BCUT2D eigenvalue weighted by atomic mass is 10.1. The summed E-state index contributed by atoms with van der Waals surface area (Å²) in [7, 11) is 0. The van der Waals surface area contributed by atoms with Crippen molar-refractivity contribution in [3.63, 3.8) is 0 Å². The molecule has 0 unspecified atom stereocenters. The Hall–Kier alpha value is -2.91. The Morgan fingerprint density at radius 3 is 2.86 bits per heavy atom. The molecule has 148 valence electrons. The molecule has 9 heteroatoms. The van der Waals surface area contributed by atoms with E-state index in [-0.39, 0.29) is 11.5 Å². The molecule has 3 aromatic heterocycles. The molecule has 1 amide bonds. The monoisotopic (exact) mass is 425 g/mol. The van der Waals surface area contributed by atoms with Crippen molar-refractivity contribution in [1.29, 1.82) is 0 Å². The first-order valence-corrected chi connectivity index (χ1v) is 11.1. The molecule has 4 rings (SSSR count). The van der Waals surface area contributed by atoms with Gasteiger partial charge in [0, 0.05) is 42.3 Å². The van der Waals surface area contributed by atoms with Gasteiger partial charge in [-0.1, -0.05) is 24.3 Å². The average Bonchev–Trinajstić information content (AvgIpc) is 3.39. The molecule has 4 aromatic rings. The molecule has 0 saturated carbocycles. The zero-order chi connectivity index (χ0) is 20.1. The molecule has 0 aliphatic heterocycles. The number of carbonyl (C=O) groups is 1. The first-order valence-electron chi connectivity index (χ1n) is 9.03. The maximum Gasteiger partial charge on any atom is 0.258 e. The minimum atomic E-state index is -0.0925. The number of carbonyl (C=O) groups excluding carboxylic acids is 1. The smallest absolute Gasteiger partial charge is 0.258 e. The normalized spacial score (nSPS) is 11.0. The molecule has 0 aliphatic carbocycles. The van der Waals surface area contributed by atoms with Crippen molar-refractivity contribution < 1.29 is 4.79 Å². The van der Waals surface area contributed by atoms with Crippen molar-refractivity contribution >= 4 is 34.0 Å². The van der Waals surface area contributed by atoms with Crippen LogP contribution in [-0.4, -0.2) is 30.8 Å². The Labute approximate surface area is 175 Å². The number of amides is 1. The number of thiazole rings is 1. The summed E-state index contributed by atoms with van der Waals surface area (Å²) in [4.78, 5) is 29.4. The van der Waals surface area contributed by atoms with Gasteiger partial charge in [-0.25, -0.2) is 4.98 Å². The molecule has 0 atom stereocenters. The second kappa shape index (κ2) is 9.06. The summed E-state index contributed by atoms with van der Waals surface area (Å²) in [6.07, 6.45) is 5.38. The van der Waals surface area contributed by atoms with Crippen LogP contribution in [0.3, 0.4) is 0 Å². The van der Waals surface area contributed by atoms with Gasteiger partial charge in [0.05, 0.1) is 18.0 Å². The van der Waals surface area contributed by atoms with Crippen molar-refractivity contribution in [3.8, 4) is 0 Å². The van der Waals surface area contributed by atoms with E-state index in [0.29, 0.717) is 35.3 Å². The summed E-state index contributed by atoms with van der Waals surface area (Å²) >= 11 is 2.87. The van der Waals surface area contributed by atoms with Gasteiger partial charge in [-0.3, -0.25) is 18.7 Å². The highest BCUT2D eigenvalue weighted by molar-refractivity contribution is 7.99. The number of thioether (sulfide) groups is 1. The molecule has 0 aliphatic rings. The zero-order valence-electron chi connectivity index (χ0n) is 15.5. The van der Waals surface area contributed by atoms with Gasteiger partial charge in [0.1, 0.15) is 0 Å². The lowest BCUT2D eigenvalue weighted by molar-refractivity contribution is -0.118.